The molecule has 2 rings (SSSR count). The summed E-state index contributed by atoms with van der Waals surface area (Å²) < 4.78 is 0. The Morgan fingerprint density at radius 2 is 2.10 bits per heavy atom. The van der Waals surface area contributed by atoms with Gasteiger partial charge in [-0.25, -0.2) is 0 Å². The lowest BCUT2D eigenvalue weighted by Gasteiger charge is -2.06. The summed E-state index contributed by atoms with van der Waals surface area (Å²) in [5.74, 6) is -1.69. The first kappa shape index (κ1) is 14.4. The lowest BCUT2D eigenvalue weighted by molar-refractivity contribution is -0.383. The van der Waals surface area contributed by atoms with Crippen LogP contribution in [-0.2, 0) is 4.79 Å². The fourth-order valence-corrected chi connectivity index (χ4v) is 1.90. The van der Waals surface area contributed by atoms with Crippen molar-refractivity contribution in [3.05, 3.63) is 46.3 Å². The molecule has 0 radical (unpaired) electrons. The number of amides is 1. The molecule has 2 N–H and O–H groups in total. The highest BCUT2D eigenvalue weighted by atomic mass is 16.6. The number of nitrogens with one attached hydrogen (secondary N) is 1. The Morgan fingerprint density at radius 1 is 1.33 bits per heavy atom. The van der Waals surface area contributed by atoms with Gasteiger partial charge in [0.05, 0.1) is 16.7 Å². The number of pyridine rings is 1. The van der Waals surface area contributed by atoms with Crippen molar-refractivity contribution >= 4 is 28.3 Å². The molecule has 108 valence electrons. The molecule has 1 heterocycles. The van der Waals surface area contributed by atoms with E-state index in [4.69, 9.17) is 5.11 Å². The molecule has 1 amide bonds. The summed E-state index contributed by atoms with van der Waals surface area (Å²) in [7, 11) is 0. The molecular weight excluding hydrogens is 278 g/mol. The normalized spacial score (nSPS) is 10.3. The van der Waals surface area contributed by atoms with E-state index in [1.807, 2.05) is 0 Å². The molecule has 0 saturated carbocycles. The van der Waals surface area contributed by atoms with Gasteiger partial charge in [-0.15, -0.1) is 0 Å². The van der Waals surface area contributed by atoms with Crippen molar-refractivity contribution < 1.29 is 19.6 Å². The van der Waals surface area contributed by atoms with Crippen LogP contribution < -0.4 is 5.32 Å². The molecule has 21 heavy (non-hydrogen) atoms. The van der Waals surface area contributed by atoms with Crippen LogP contribution in [0.25, 0.3) is 10.8 Å². The number of nitro benzene ring substituents is 1. The highest BCUT2D eigenvalue weighted by Crippen LogP contribution is 2.27. The number of nitrogens with zero attached hydrogens (tertiary/aromatic N) is 2. The lowest BCUT2D eigenvalue weighted by atomic mass is 10.1. The van der Waals surface area contributed by atoms with Crippen LogP contribution in [-0.4, -0.2) is 33.4 Å². The van der Waals surface area contributed by atoms with E-state index in [9.17, 15) is 19.7 Å². The van der Waals surface area contributed by atoms with Crippen molar-refractivity contribution in [3.8, 4) is 0 Å². The van der Waals surface area contributed by atoms with E-state index < -0.39 is 16.8 Å². The standard InChI is InChI=1S/C13H11N3O5/c17-10(18)5-7-15-13(19)12-11-8(4-6-14-12)2-1-3-9(11)16(20)21/h1-4,6H,5,7H2,(H,15,19)(H,17,18). The molecule has 1 aromatic carbocycles. The third-order valence-electron chi connectivity index (χ3n) is 2.81. The number of carboxylic acids is 1. The molecule has 8 nitrogen and oxygen atoms in total. The van der Waals surface area contributed by atoms with Gasteiger partial charge < -0.3 is 10.4 Å². The Balaban J connectivity index is 2.41. The Labute approximate surface area is 118 Å². The number of aliphatic carboxylic acids is 1. The van der Waals surface area contributed by atoms with Crippen LogP contribution in [0.3, 0.4) is 0 Å². The quantitative estimate of drug-likeness (QED) is 0.632. The SMILES string of the molecule is O=C(O)CCNC(=O)c1nccc2cccc([N+](=O)[O-])c12. The zero-order valence-corrected chi connectivity index (χ0v) is 10.8. The van der Waals surface area contributed by atoms with Crippen LogP contribution in [0.2, 0.25) is 0 Å². The van der Waals surface area contributed by atoms with Crippen molar-refractivity contribution in [2.75, 3.05) is 6.54 Å². The van der Waals surface area contributed by atoms with Gasteiger partial charge in [-0.2, -0.15) is 0 Å². The maximum absolute atomic E-state index is 12.0. The highest BCUT2D eigenvalue weighted by molar-refractivity contribution is 6.08. The molecule has 0 aliphatic heterocycles. The predicted molar refractivity (Wildman–Crippen MR) is 73.0 cm³/mol. The number of aromatic nitrogens is 1. The molecule has 0 aliphatic rings. The van der Waals surface area contributed by atoms with Gasteiger partial charge in [0, 0.05) is 18.8 Å². The highest BCUT2D eigenvalue weighted by Gasteiger charge is 2.20. The number of fused-ring (bicyclic) bond motifs is 1. The van der Waals surface area contributed by atoms with E-state index in [-0.39, 0.29) is 29.7 Å². The maximum atomic E-state index is 12.0. The number of carbonyl (C=O) groups excluding carboxylic acids is 1. The Morgan fingerprint density at radius 3 is 2.76 bits per heavy atom. The fourth-order valence-electron chi connectivity index (χ4n) is 1.90. The Bertz CT molecular complexity index is 724. The molecule has 0 fully saturated rings. The van der Waals surface area contributed by atoms with Gasteiger partial charge in [-0.1, -0.05) is 12.1 Å². The van der Waals surface area contributed by atoms with E-state index in [1.165, 1.54) is 18.3 Å². The van der Waals surface area contributed by atoms with Crippen molar-refractivity contribution in [3.63, 3.8) is 0 Å². The van der Waals surface area contributed by atoms with E-state index >= 15 is 0 Å². The van der Waals surface area contributed by atoms with Gasteiger partial charge in [-0.3, -0.25) is 24.7 Å². The first-order valence-electron chi connectivity index (χ1n) is 6.03. The molecule has 0 saturated heterocycles. The topological polar surface area (TPSA) is 122 Å². The molecule has 0 unspecified atom stereocenters. The fraction of sp³-hybridized carbons (Fsp3) is 0.154. The van der Waals surface area contributed by atoms with Gasteiger partial charge in [0.1, 0.15) is 5.69 Å². The van der Waals surface area contributed by atoms with E-state index in [1.54, 1.807) is 12.1 Å². The molecule has 0 bridgehead atoms. The molecule has 8 heteroatoms. The largest absolute Gasteiger partial charge is 0.481 e. The van der Waals surface area contributed by atoms with Gasteiger partial charge in [0.25, 0.3) is 11.6 Å². The summed E-state index contributed by atoms with van der Waals surface area (Å²) in [6.45, 7) is -0.0765. The summed E-state index contributed by atoms with van der Waals surface area (Å²) in [4.78, 5) is 36.8. The molecule has 2 aromatic rings. The van der Waals surface area contributed by atoms with Gasteiger partial charge in [-0.05, 0) is 11.5 Å². The Kier molecular flexibility index (Phi) is 4.07. The van der Waals surface area contributed by atoms with Crippen LogP contribution in [0.5, 0.6) is 0 Å². The van der Waals surface area contributed by atoms with Crippen molar-refractivity contribution in [2.24, 2.45) is 0 Å². The summed E-state index contributed by atoms with van der Waals surface area (Å²) in [6, 6.07) is 6.01. The molecule has 0 atom stereocenters. The number of rotatable bonds is 5. The molecule has 0 spiro atoms. The van der Waals surface area contributed by atoms with Crippen molar-refractivity contribution in [2.45, 2.75) is 6.42 Å². The van der Waals surface area contributed by atoms with Gasteiger partial charge in [0.2, 0.25) is 0 Å². The second-order valence-electron chi connectivity index (χ2n) is 4.19. The molecule has 0 aliphatic carbocycles. The summed E-state index contributed by atoms with van der Waals surface area (Å²) in [5.41, 5.74) is -0.311. The van der Waals surface area contributed by atoms with E-state index in [0.29, 0.717) is 5.39 Å². The first-order chi connectivity index (χ1) is 10.0. The number of hydrogen-bond acceptors (Lipinski definition) is 5. The second kappa shape index (κ2) is 5.95. The van der Waals surface area contributed by atoms with Crippen LogP contribution in [0.15, 0.2) is 30.5 Å². The summed E-state index contributed by atoms with van der Waals surface area (Å²) >= 11 is 0. The zero-order chi connectivity index (χ0) is 15.4. The van der Waals surface area contributed by atoms with Crippen LogP contribution >= 0.6 is 0 Å². The minimum absolute atomic E-state index is 0.0765. The van der Waals surface area contributed by atoms with Crippen LogP contribution in [0.4, 0.5) is 5.69 Å². The minimum atomic E-state index is -1.05. The third-order valence-corrected chi connectivity index (χ3v) is 2.81. The molecule has 1 aromatic heterocycles. The average Bonchev–Trinajstić information content (AvgIpc) is 2.45. The first-order valence-corrected chi connectivity index (χ1v) is 6.03. The van der Waals surface area contributed by atoms with Crippen LogP contribution in [0.1, 0.15) is 16.9 Å². The van der Waals surface area contributed by atoms with Crippen LogP contribution in [0, 0.1) is 10.1 Å². The Hall–Kier alpha value is -3.03. The van der Waals surface area contributed by atoms with Crippen molar-refractivity contribution in [1.29, 1.82) is 0 Å². The predicted octanol–water partition coefficient (Wildman–Crippen LogP) is 1.35. The van der Waals surface area contributed by atoms with Gasteiger partial charge >= 0.3 is 5.97 Å². The number of carboxylic acid groups (broad SMARTS) is 1. The maximum Gasteiger partial charge on any atom is 0.305 e. The van der Waals surface area contributed by atoms with Crippen molar-refractivity contribution in [1.82, 2.24) is 10.3 Å². The summed E-state index contributed by atoms with van der Waals surface area (Å²) in [5, 5.41) is 22.6. The number of hydrogen-bond donors (Lipinski definition) is 2. The third kappa shape index (κ3) is 3.11. The number of nitro groups is 1. The lowest BCUT2D eigenvalue weighted by Crippen LogP contribution is -2.27. The molecular formula is C13H11N3O5. The smallest absolute Gasteiger partial charge is 0.305 e. The average molecular weight is 289 g/mol. The number of benzene rings is 1. The number of carbonyl (C=O) groups is 2. The van der Waals surface area contributed by atoms with Gasteiger partial charge in [0.15, 0.2) is 0 Å². The monoisotopic (exact) mass is 289 g/mol. The van der Waals surface area contributed by atoms with E-state index in [0.717, 1.165) is 0 Å². The second-order valence-corrected chi connectivity index (χ2v) is 4.19. The van der Waals surface area contributed by atoms with E-state index in [2.05, 4.69) is 10.3 Å². The summed E-state index contributed by atoms with van der Waals surface area (Å²) in [6.07, 6.45) is 1.14. The minimum Gasteiger partial charge on any atom is -0.481 e. The zero-order valence-electron chi connectivity index (χ0n) is 10.8. The number of non-ortho nitro benzene ring substituents is 1.